The third-order valence-corrected chi connectivity index (χ3v) is 3.64. The number of carbonyl (C=O) groups is 2. The van der Waals surface area contributed by atoms with Gasteiger partial charge in [0.05, 0.1) is 6.54 Å². The minimum Gasteiger partial charge on any atom is -0.480 e. The Hall–Kier alpha value is -2.04. The third-order valence-electron chi connectivity index (χ3n) is 3.64. The number of amides is 1. The van der Waals surface area contributed by atoms with Crippen molar-refractivity contribution in [1.82, 2.24) is 4.90 Å². The predicted molar refractivity (Wildman–Crippen MR) is 73.6 cm³/mol. The first-order valence-corrected chi connectivity index (χ1v) is 6.65. The van der Waals surface area contributed by atoms with Crippen LogP contribution in [0.5, 0.6) is 0 Å². The van der Waals surface area contributed by atoms with Gasteiger partial charge in [-0.05, 0) is 29.5 Å². The summed E-state index contributed by atoms with van der Waals surface area (Å²) in [6.45, 7) is 6.33. The zero-order valence-corrected chi connectivity index (χ0v) is 11.9. The highest BCUT2D eigenvalue weighted by atomic mass is 16.6. The van der Waals surface area contributed by atoms with E-state index in [0.29, 0.717) is 5.92 Å². The van der Waals surface area contributed by atoms with Gasteiger partial charge in [-0.3, -0.25) is 4.90 Å². The van der Waals surface area contributed by atoms with Gasteiger partial charge in [0, 0.05) is 0 Å². The first-order chi connectivity index (χ1) is 9.40. The van der Waals surface area contributed by atoms with Crippen LogP contribution in [-0.4, -0.2) is 34.7 Å². The lowest BCUT2D eigenvalue weighted by molar-refractivity contribution is -0.141. The number of aryl methyl sites for hydroxylation is 1. The van der Waals surface area contributed by atoms with Crippen LogP contribution in [0.2, 0.25) is 0 Å². The second kappa shape index (κ2) is 5.53. The standard InChI is InChI=1S/C15H19NO4/c1-9(2)11-5-4-10(3)12(6-11)7-16-13(14(17)18)8-20-15(16)19/h4-6,9,13H,7-8H2,1-3H3,(H,17,18). The fourth-order valence-corrected chi connectivity index (χ4v) is 2.23. The normalized spacial score (nSPS) is 18.5. The lowest BCUT2D eigenvalue weighted by Crippen LogP contribution is -2.39. The lowest BCUT2D eigenvalue weighted by atomic mass is 9.97. The minimum absolute atomic E-state index is 0.0862. The number of aliphatic carboxylic acids is 1. The summed E-state index contributed by atoms with van der Waals surface area (Å²) in [5, 5.41) is 9.12. The Bertz CT molecular complexity index is 539. The Labute approximate surface area is 118 Å². The van der Waals surface area contributed by atoms with Gasteiger partial charge < -0.3 is 9.84 Å². The lowest BCUT2D eigenvalue weighted by Gasteiger charge is -2.20. The van der Waals surface area contributed by atoms with Crippen LogP contribution in [0.4, 0.5) is 4.79 Å². The van der Waals surface area contributed by atoms with E-state index in [1.54, 1.807) is 0 Å². The van der Waals surface area contributed by atoms with E-state index in [1.807, 2.05) is 19.1 Å². The number of hydrogen-bond donors (Lipinski definition) is 1. The monoisotopic (exact) mass is 277 g/mol. The van der Waals surface area contributed by atoms with E-state index in [0.717, 1.165) is 11.1 Å². The van der Waals surface area contributed by atoms with Crippen LogP contribution < -0.4 is 0 Å². The molecular formula is C15H19NO4. The number of benzene rings is 1. The molecule has 0 bridgehead atoms. The molecule has 1 aliphatic rings. The Kier molecular flexibility index (Phi) is 3.97. The first kappa shape index (κ1) is 14.4. The number of carboxylic acid groups (broad SMARTS) is 1. The highest BCUT2D eigenvalue weighted by Gasteiger charge is 2.38. The van der Waals surface area contributed by atoms with Crippen LogP contribution in [0, 0.1) is 6.92 Å². The number of carbonyl (C=O) groups excluding carboxylic acids is 1. The Balaban J connectivity index is 2.26. The largest absolute Gasteiger partial charge is 0.480 e. The summed E-state index contributed by atoms with van der Waals surface area (Å²) >= 11 is 0. The summed E-state index contributed by atoms with van der Waals surface area (Å²) in [4.78, 5) is 24.1. The molecule has 1 fully saturated rings. The molecule has 5 heteroatoms. The van der Waals surface area contributed by atoms with Crippen LogP contribution in [0.1, 0.15) is 36.5 Å². The molecular weight excluding hydrogens is 258 g/mol. The fourth-order valence-electron chi connectivity index (χ4n) is 2.23. The van der Waals surface area contributed by atoms with E-state index in [2.05, 4.69) is 19.9 Å². The van der Waals surface area contributed by atoms with Crippen LogP contribution in [0.25, 0.3) is 0 Å². The molecule has 0 aromatic heterocycles. The average molecular weight is 277 g/mol. The Morgan fingerprint density at radius 2 is 2.20 bits per heavy atom. The van der Waals surface area contributed by atoms with Gasteiger partial charge in [-0.1, -0.05) is 32.0 Å². The molecule has 1 saturated heterocycles. The Morgan fingerprint density at radius 3 is 2.80 bits per heavy atom. The van der Waals surface area contributed by atoms with Crippen molar-refractivity contribution >= 4 is 12.1 Å². The van der Waals surface area contributed by atoms with Crippen molar-refractivity contribution < 1.29 is 19.4 Å². The molecule has 2 rings (SSSR count). The molecule has 5 nitrogen and oxygen atoms in total. The smallest absolute Gasteiger partial charge is 0.411 e. The molecule has 1 heterocycles. The molecule has 0 radical (unpaired) electrons. The number of carboxylic acids is 1. The van der Waals surface area contributed by atoms with Crippen molar-refractivity contribution in [2.75, 3.05) is 6.61 Å². The van der Waals surface area contributed by atoms with Crippen molar-refractivity contribution in [2.45, 2.75) is 39.3 Å². The summed E-state index contributed by atoms with van der Waals surface area (Å²) in [6.07, 6.45) is -0.563. The number of nitrogens with zero attached hydrogens (tertiary/aromatic N) is 1. The van der Waals surface area contributed by atoms with Gasteiger partial charge in [-0.15, -0.1) is 0 Å². The topological polar surface area (TPSA) is 66.8 Å². The molecule has 0 spiro atoms. The van der Waals surface area contributed by atoms with E-state index >= 15 is 0 Å². The molecule has 1 atom stereocenters. The maximum atomic E-state index is 11.7. The first-order valence-electron chi connectivity index (χ1n) is 6.65. The van der Waals surface area contributed by atoms with Gasteiger partial charge in [0.25, 0.3) is 0 Å². The molecule has 1 aromatic carbocycles. The van der Waals surface area contributed by atoms with Gasteiger partial charge in [-0.25, -0.2) is 9.59 Å². The molecule has 1 amide bonds. The van der Waals surface area contributed by atoms with Crippen molar-refractivity contribution in [3.05, 3.63) is 34.9 Å². The summed E-state index contributed by atoms with van der Waals surface area (Å²) in [5.41, 5.74) is 3.17. The number of cyclic esters (lactones) is 1. The molecule has 1 aliphatic heterocycles. The average Bonchev–Trinajstić information content (AvgIpc) is 2.73. The third kappa shape index (κ3) is 2.76. The summed E-state index contributed by atoms with van der Waals surface area (Å²) in [6, 6.07) is 5.19. The maximum absolute atomic E-state index is 11.7. The molecule has 1 N–H and O–H groups in total. The number of hydrogen-bond acceptors (Lipinski definition) is 3. The highest BCUT2D eigenvalue weighted by molar-refractivity contribution is 5.82. The summed E-state index contributed by atoms with van der Waals surface area (Å²) in [5.74, 6) is -0.649. The van der Waals surface area contributed by atoms with Crippen molar-refractivity contribution in [3.8, 4) is 0 Å². The van der Waals surface area contributed by atoms with Gasteiger partial charge >= 0.3 is 12.1 Å². The van der Waals surface area contributed by atoms with E-state index in [1.165, 1.54) is 10.5 Å². The SMILES string of the molecule is Cc1ccc(C(C)C)cc1CN1C(=O)OCC1C(=O)O. The molecule has 108 valence electrons. The molecule has 0 aliphatic carbocycles. The van der Waals surface area contributed by atoms with Gasteiger partial charge in [0.2, 0.25) is 0 Å². The van der Waals surface area contributed by atoms with E-state index in [-0.39, 0.29) is 13.2 Å². The van der Waals surface area contributed by atoms with Crippen molar-refractivity contribution in [3.63, 3.8) is 0 Å². The fraction of sp³-hybridized carbons (Fsp3) is 0.467. The van der Waals surface area contributed by atoms with Gasteiger partial charge in [0.15, 0.2) is 6.04 Å². The highest BCUT2D eigenvalue weighted by Crippen LogP contribution is 2.23. The van der Waals surface area contributed by atoms with Crippen LogP contribution in [0.15, 0.2) is 18.2 Å². The van der Waals surface area contributed by atoms with Crippen LogP contribution in [-0.2, 0) is 16.1 Å². The van der Waals surface area contributed by atoms with E-state index in [9.17, 15) is 9.59 Å². The molecule has 1 aromatic rings. The molecule has 20 heavy (non-hydrogen) atoms. The van der Waals surface area contributed by atoms with Gasteiger partial charge in [-0.2, -0.15) is 0 Å². The predicted octanol–water partition coefficient (Wildman–Crippen LogP) is 2.52. The zero-order valence-electron chi connectivity index (χ0n) is 11.9. The summed E-state index contributed by atoms with van der Waals surface area (Å²) in [7, 11) is 0. The van der Waals surface area contributed by atoms with Crippen LogP contribution in [0.3, 0.4) is 0 Å². The van der Waals surface area contributed by atoms with E-state index < -0.39 is 18.1 Å². The number of ether oxygens (including phenoxy) is 1. The minimum atomic E-state index is -1.03. The molecule has 0 saturated carbocycles. The quantitative estimate of drug-likeness (QED) is 0.918. The van der Waals surface area contributed by atoms with Crippen molar-refractivity contribution in [1.29, 1.82) is 0 Å². The van der Waals surface area contributed by atoms with Crippen molar-refractivity contribution in [2.24, 2.45) is 0 Å². The maximum Gasteiger partial charge on any atom is 0.411 e. The van der Waals surface area contributed by atoms with Crippen LogP contribution >= 0.6 is 0 Å². The van der Waals surface area contributed by atoms with E-state index in [4.69, 9.17) is 9.84 Å². The molecule has 1 unspecified atom stereocenters. The second-order valence-corrected chi connectivity index (χ2v) is 5.40. The Morgan fingerprint density at radius 1 is 1.50 bits per heavy atom. The summed E-state index contributed by atoms with van der Waals surface area (Å²) < 4.78 is 4.84. The second-order valence-electron chi connectivity index (χ2n) is 5.40. The zero-order chi connectivity index (χ0) is 14.9. The number of rotatable bonds is 4. The van der Waals surface area contributed by atoms with Gasteiger partial charge in [0.1, 0.15) is 6.61 Å².